The first-order chi connectivity index (χ1) is 8.54. The van der Waals surface area contributed by atoms with Gasteiger partial charge < -0.3 is 15.4 Å². The van der Waals surface area contributed by atoms with Crippen LogP contribution in [0.2, 0.25) is 0 Å². The molecule has 98 valence electrons. The summed E-state index contributed by atoms with van der Waals surface area (Å²) in [6, 6.07) is 4.86. The van der Waals surface area contributed by atoms with Crippen LogP contribution in [0.3, 0.4) is 0 Å². The van der Waals surface area contributed by atoms with Gasteiger partial charge in [-0.2, -0.15) is 0 Å². The minimum absolute atomic E-state index is 0.0440. The van der Waals surface area contributed by atoms with Crippen LogP contribution >= 0.6 is 0 Å². The summed E-state index contributed by atoms with van der Waals surface area (Å²) in [5.74, 6) is 0.488. The van der Waals surface area contributed by atoms with Gasteiger partial charge in [0.25, 0.3) is 5.69 Å². The number of nitro groups is 1. The molecule has 2 rings (SSSR count). The highest BCUT2D eigenvalue weighted by atomic mass is 16.6. The Balaban J connectivity index is 2.29. The normalized spacial score (nSPS) is 22.8. The third-order valence-corrected chi connectivity index (χ3v) is 3.21. The number of nitro benzene ring substituents is 1. The van der Waals surface area contributed by atoms with Crippen LogP contribution in [0.15, 0.2) is 18.2 Å². The lowest BCUT2D eigenvalue weighted by molar-refractivity contribution is -0.384. The van der Waals surface area contributed by atoms with Crippen molar-refractivity contribution in [1.29, 1.82) is 0 Å². The highest BCUT2D eigenvalue weighted by molar-refractivity contribution is 5.65. The maximum absolute atomic E-state index is 11.1. The van der Waals surface area contributed by atoms with Crippen LogP contribution in [0, 0.1) is 10.1 Å². The Bertz CT molecular complexity index is 456. The summed E-state index contributed by atoms with van der Waals surface area (Å²) in [5, 5.41) is 17.6. The van der Waals surface area contributed by atoms with Gasteiger partial charge >= 0.3 is 0 Å². The molecule has 2 N–H and O–H groups in total. The van der Waals surface area contributed by atoms with Crippen molar-refractivity contribution in [3.05, 3.63) is 28.3 Å². The SMILES string of the molecule is COc1ccc(NC2(C)CCNC2)c([N+](=O)[O-])c1. The second kappa shape index (κ2) is 4.81. The monoisotopic (exact) mass is 251 g/mol. The van der Waals surface area contributed by atoms with Crippen molar-refractivity contribution in [3.8, 4) is 5.75 Å². The second-order valence-electron chi connectivity index (χ2n) is 4.75. The number of hydrogen-bond acceptors (Lipinski definition) is 5. The zero-order valence-electron chi connectivity index (χ0n) is 10.5. The fourth-order valence-electron chi connectivity index (χ4n) is 2.14. The molecule has 1 aliphatic rings. The molecule has 0 aliphatic carbocycles. The lowest BCUT2D eigenvalue weighted by atomic mass is 10.0. The van der Waals surface area contributed by atoms with Gasteiger partial charge in [0.05, 0.1) is 18.1 Å². The minimum Gasteiger partial charge on any atom is -0.496 e. The number of benzene rings is 1. The van der Waals surface area contributed by atoms with Crippen LogP contribution in [-0.4, -0.2) is 30.7 Å². The van der Waals surface area contributed by atoms with Gasteiger partial charge in [0, 0.05) is 12.1 Å². The highest BCUT2D eigenvalue weighted by Gasteiger charge is 2.30. The lowest BCUT2D eigenvalue weighted by Gasteiger charge is -2.25. The predicted octanol–water partition coefficient (Wildman–Crippen LogP) is 1.77. The Kier molecular flexibility index (Phi) is 3.38. The van der Waals surface area contributed by atoms with Crippen molar-refractivity contribution < 1.29 is 9.66 Å². The molecule has 0 radical (unpaired) electrons. The maximum Gasteiger partial charge on any atom is 0.296 e. The molecule has 18 heavy (non-hydrogen) atoms. The molecular formula is C12H17N3O3. The summed E-state index contributed by atoms with van der Waals surface area (Å²) in [4.78, 5) is 10.7. The van der Waals surface area contributed by atoms with Crippen LogP contribution in [0.1, 0.15) is 13.3 Å². The Morgan fingerprint density at radius 1 is 1.56 bits per heavy atom. The average molecular weight is 251 g/mol. The molecule has 1 aromatic carbocycles. The van der Waals surface area contributed by atoms with Crippen molar-refractivity contribution in [3.63, 3.8) is 0 Å². The third-order valence-electron chi connectivity index (χ3n) is 3.21. The molecule has 1 fully saturated rings. The summed E-state index contributed by atoms with van der Waals surface area (Å²) in [6.07, 6.45) is 0.941. The van der Waals surface area contributed by atoms with E-state index < -0.39 is 4.92 Å². The molecule has 1 saturated heterocycles. The smallest absolute Gasteiger partial charge is 0.296 e. The molecule has 0 amide bonds. The highest BCUT2D eigenvalue weighted by Crippen LogP contribution is 2.32. The Morgan fingerprint density at radius 3 is 2.89 bits per heavy atom. The van der Waals surface area contributed by atoms with E-state index in [1.54, 1.807) is 12.1 Å². The van der Waals surface area contributed by atoms with E-state index in [9.17, 15) is 10.1 Å². The van der Waals surface area contributed by atoms with Crippen LogP contribution in [-0.2, 0) is 0 Å². The van der Waals surface area contributed by atoms with E-state index in [1.807, 2.05) is 0 Å². The lowest BCUT2D eigenvalue weighted by Crippen LogP contribution is -2.37. The average Bonchev–Trinajstić information content (AvgIpc) is 2.76. The maximum atomic E-state index is 11.1. The third kappa shape index (κ3) is 2.53. The van der Waals surface area contributed by atoms with Crippen molar-refractivity contribution in [2.75, 3.05) is 25.5 Å². The summed E-state index contributed by atoms with van der Waals surface area (Å²) in [7, 11) is 1.49. The molecule has 0 spiro atoms. The van der Waals surface area contributed by atoms with Crippen molar-refractivity contribution in [2.45, 2.75) is 18.9 Å². The molecule has 0 bridgehead atoms. The molecule has 1 unspecified atom stereocenters. The number of nitrogens with one attached hydrogen (secondary N) is 2. The van der Waals surface area contributed by atoms with Crippen molar-refractivity contribution in [1.82, 2.24) is 5.32 Å². The first-order valence-corrected chi connectivity index (χ1v) is 5.85. The quantitative estimate of drug-likeness (QED) is 0.630. The Morgan fingerprint density at radius 2 is 2.33 bits per heavy atom. The van der Waals surface area contributed by atoms with Gasteiger partial charge in [-0.3, -0.25) is 10.1 Å². The summed E-state index contributed by atoms with van der Waals surface area (Å²) >= 11 is 0. The molecule has 6 heteroatoms. The number of hydrogen-bond donors (Lipinski definition) is 2. The van der Waals surface area contributed by atoms with E-state index in [4.69, 9.17) is 4.74 Å². The fraction of sp³-hybridized carbons (Fsp3) is 0.500. The Hall–Kier alpha value is -1.82. The molecule has 0 aromatic heterocycles. The van der Waals surface area contributed by atoms with E-state index in [1.165, 1.54) is 13.2 Å². The molecule has 1 aromatic rings. The van der Waals surface area contributed by atoms with E-state index in [0.717, 1.165) is 19.5 Å². The topological polar surface area (TPSA) is 76.4 Å². The first-order valence-electron chi connectivity index (χ1n) is 5.85. The first kappa shape index (κ1) is 12.6. The van der Waals surface area contributed by atoms with E-state index >= 15 is 0 Å². The zero-order valence-corrected chi connectivity index (χ0v) is 10.5. The van der Waals surface area contributed by atoms with Crippen LogP contribution < -0.4 is 15.4 Å². The van der Waals surface area contributed by atoms with Gasteiger partial charge in [0.2, 0.25) is 0 Å². The predicted molar refractivity (Wildman–Crippen MR) is 69.2 cm³/mol. The Labute approximate surface area is 105 Å². The van der Waals surface area contributed by atoms with Gasteiger partial charge in [-0.05, 0) is 32.0 Å². The molecular weight excluding hydrogens is 234 g/mol. The van der Waals surface area contributed by atoms with E-state index in [2.05, 4.69) is 17.6 Å². The molecule has 1 atom stereocenters. The van der Waals surface area contributed by atoms with Gasteiger partial charge in [-0.1, -0.05) is 0 Å². The van der Waals surface area contributed by atoms with Crippen LogP contribution in [0.25, 0.3) is 0 Å². The largest absolute Gasteiger partial charge is 0.496 e. The van der Waals surface area contributed by atoms with Crippen LogP contribution in [0.4, 0.5) is 11.4 Å². The minimum atomic E-state index is -0.392. The summed E-state index contributed by atoms with van der Waals surface area (Å²) < 4.78 is 5.01. The number of nitrogens with zero attached hydrogens (tertiary/aromatic N) is 1. The van der Waals surface area contributed by atoms with Gasteiger partial charge in [-0.25, -0.2) is 0 Å². The summed E-state index contributed by atoms with van der Waals surface area (Å²) in [5.41, 5.74) is 0.439. The molecule has 1 aliphatic heterocycles. The number of rotatable bonds is 4. The molecule has 0 saturated carbocycles. The fourth-order valence-corrected chi connectivity index (χ4v) is 2.14. The number of methoxy groups -OCH3 is 1. The number of anilines is 1. The van der Waals surface area contributed by atoms with Gasteiger partial charge in [0.15, 0.2) is 0 Å². The van der Waals surface area contributed by atoms with Gasteiger partial charge in [0.1, 0.15) is 11.4 Å². The number of ether oxygens (including phenoxy) is 1. The van der Waals surface area contributed by atoms with Crippen LogP contribution in [0.5, 0.6) is 5.75 Å². The van der Waals surface area contributed by atoms with E-state index in [0.29, 0.717) is 11.4 Å². The van der Waals surface area contributed by atoms with E-state index in [-0.39, 0.29) is 11.2 Å². The van der Waals surface area contributed by atoms with Gasteiger partial charge in [-0.15, -0.1) is 0 Å². The summed E-state index contributed by atoms with van der Waals surface area (Å²) in [6.45, 7) is 3.78. The van der Waals surface area contributed by atoms with Crippen molar-refractivity contribution >= 4 is 11.4 Å². The standard InChI is InChI=1S/C12H17N3O3/c1-12(5-6-13-8-12)14-10-4-3-9(18-2)7-11(10)15(16)17/h3-4,7,13-14H,5-6,8H2,1-2H3. The van der Waals surface area contributed by atoms with Crippen molar-refractivity contribution in [2.24, 2.45) is 0 Å². The zero-order chi connectivity index (χ0) is 13.2. The molecule has 1 heterocycles. The molecule has 6 nitrogen and oxygen atoms in total. The second-order valence-corrected chi connectivity index (χ2v) is 4.75.